The minimum atomic E-state index is -0.359. The molecule has 2 amide bonds. The molecule has 0 aliphatic carbocycles. The third-order valence-corrected chi connectivity index (χ3v) is 3.53. The molecule has 0 aromatic heterocycles. The van der Waals surface area contributed by atoms with Crippen LogP contribution in [0.25, 0.3) is 0 Å². The van der Waals surface area contributed by atoms with E-state index < -0.39 is 0 Å². The Morgan fingerprint density at radius 1 is 1.32 bits per heavy atom. The Morgan fingerprint density at radius 2 is 1.95 bits per heavy atom. The molecule has 98 valence electrons. The fourth-order valence-electron chi connectivity index (χ4n) is 2.37. The number of carbonyl (C=O) groups is 2. The number of nitrogens with two attached hydrogens (primary N) is 1. The number of hydrogen-bond acceptors (Lipinski definition) is 3. The van der Waals surface area contributed by atoms with Gasteiger partial charge in [0.05, 0.1) is 17.6 Å². The first kappa shape index (κ1) is 13.1. The number of rotatable bonds is 2. The number of nitriles is 1. The Hall–Kier alpha value is -2.35. The number of benzene rings is 1. The first-order chi connectivity index (χ1) is 9.02. The maximum absolute atomic E-state index is 12.3. The Bertz CT molecular complexity index is 545. The standard InChI is InChI=1S/C14H15N3O2/c1-9-7-17(8-12(9)13(16)18)14(19)11-4-2-10(6-15)3-5-11/h2-5,9,12H,7-8H2,1H3,(H2,16,18)/t9-,12-/m1/s1. The first-order valence-corrected chi connectivity index (χ1v) is 6.11. The summed E-state index contributed by atoms with van der Waals surface area (Å²) >= 11 is 0. The van der Waals surface area contributed by atoms with Crippen LogP contribution in [0, 0.1) is 23.2 Å². The van der Waals surface area contributed by atoms with E-state index in [4.69, 9.17) is 11.0 Å². The van der Waals surface area contributed by atoms with Gasteiger partial charge in [0.2, 0.25) is 5.91 Å². The van der Waals surface area contributed by atoms with Gasteiger partial charge in [-0.15, -0.1) is 0 Å². The van der Waals surface area contributed by atoms with E-state index in [1.54, 1.807) is 29.2 Å². The maximum Gasteiger partial charge on any atom is 0.253 e. The van der Waals surface area contributed by atoms with Gasteiger partial charge in [-0.25, -0.2) is 0 Å². The van der Waals surface area contributed by atoms with Gasteiger partial charge in [0.1, 0.15) is 0 Å². The molecule has 5 heteroatoms. The summed E-state index contributed by atoms with van der Waals surface area (Å²) in [5, 5.41) is 8.71. The third-order valence-electron chi connectivity index (χ3n) is 3.53. The van der Waals surface area contributed by atoms with E-state index in [0.29, 0.717) is 24.2 Å². The van der Waals surface area contributed by atoms with Crippen LogP contribution in [-0.4, -0.2) is 29.8 Å². The van der Waals surface area contributed by atoms with Crippen LogP contribution in [0.1, 0.15) is 22.8 Å². The van der Waals surface area contributed by atoms with Crippen LogP contribution in [0.2, 0.25) is 0 Å². The molecular formula is C14H15N3O2. The second kappa shape index (κ2) is 5.11. The fraction of sp³-hybridized carbons (Fsp3) is 0.357. The molecule has 1 aliphatic rings. The third kappa shape index (κ3) is 2.58. The van der Waals surface area contributed by atoms with Gasteiger partial charge in [-0.3, -0.25) is 9.59 Å². The summed E-state index contributed by atoms with van der Waals surface area (Å²) < 4.78 is 0. The topological polar surface area (TPSA) is 87.2 Å². The van der Waals surface area contributed by atoms with Gasteiger partial charge in [0.15, 0.2) is 0 Å². The summed E-state index contributed by atoms with van der Waals surface area (Å²) in [6.45, 7) is 2.82. The molecule has 19 heavy (non-hydrogen) atoms. The minimum Gasteiger partial charge on any atom is -0.369 e. The van der Waals surface area contributed by atoms with Crippen molar-refractivity contribution in [1.82, 2.24) is 4.90 Å². The molecule has 0 spiro atoms. The number of nitrogens with zero attached hydrogens (tertiary/aromatic N) is 2. The predicted molar refractivity (Wildman–Crippen MR) is 68.9 cm³/mol. The summed E-state index contributed by atoms with van der Waals surface area (Å²) in [5.41, 5.74) is 6.35. The summed E-state index contributed by atoms with van der Waals surface area (Å²) in [6.07, 6.45) is 0. The maximum atomic E-state index is 12.3. The number of hydrogen-bond donors (Lipinski definition) is 1. The molecule has 1 heterocycles. The van der Waals surface area contributed by atoms with Crippen molar-refractivity contribution in [2.45, 2.75) is 6.92 Å². The lowest BCUT2D eigenvalue weighted by molar-refractivity contribution is -0.122. The summed E-state index contributed by atoms with van der Waals surface area (Å²) in [5.74, 6) is -0.676. The molecule has 2 N–H and O–H groups in total. The van der Waals surface area contributed by atoms with E-state index in [0.717, 1.165) is 0 Å². The second-order valence-corrected chi connectivity index (χ2v) is 4.89. The Kier molecular flexibility index (Phi) is 3.52. The van der Waals surface area contributed by atoms with Crippen LogP contribution in [0.5, 0.6) is 0 Å². The van der Waals surface area contributed by atoms with E-state index in [-0.39, 0.29) is 23.7 Å². The van der Waals surface area contributed by atoms with Crippen LogP contribution >= 0.6 is 0 Å². The Morgan fingerprint density at radius 3 is 2.42 bits per heavy atom. The molecular weight excluding hydrogens is 242 g/mol. The molecule has 0 unspecified atom stereocenters. The highest BCUT2D eigenvalue weighted by molar-refractivity contribution is 5.95. The molecule has 1 saturated heterocycles. The molecule has 0 radical (unpaired) electrons. The number of likely N-dealkylation sites (tertiary alicyclic amines) is 1. The molecule has 1 aromatic rings. The lowest BCUT2D eigenvalue weighted by Gasteiger charge is -2.15. The average Bonchev–Trinajstić information content (AvgIpc) is 2.80. The molecule has 1 aromatic carbocycles. The zero-order valence-electron chi connectivity index (χ0n) is 10.7. The van der Waals surface area contributed by atoms with Crippen molar-refractivity contribution in [2.24, 2.45) is 17.6 Å². The molecule has 1 aliphatic heterocycles. The SMILES string of the molecule is C[C@@H]1CN(C(=O)c2ccc(C#N)cc2)C[C@H]1C(N)=O. The van der Waals surface area contributed by atoms with Crippen molar-refractivity contribution in [1.29, 1.82) is 5.26 Å². The van der Waals surface area contributed by atoms with Gasteiger partial charge in [-0.2, -0.15) is 5.26 Å². The van der Waals surface area contributed by atoms with Crippen molar-refractivity contribution in [3.8, 4) is 6.07 Å². The first-order valence-electron chi connectivity index (χ1n) is 6.11. The highest BCUT2D eigenvalue weighted by Gasteiger charge is 2.35. The molecule has 2 atom stereocenters. The summed E-state index contributed by atoms with van der Waals surface area (Å²) in [6, 6.07) is 8.48. The van der Waals surface area contributed by atoms with E-state index in [1.165, 1.54) is 0 Å². The van der Waals surface area contributed by atoms with Gasteiger partial charge >= 0.3 is 0 Å². The van der Waals surface area contributed by atoms with Crippen LogP contribution in [0.15, 0.2) is 24.3 Å². The monoisotopic (exact) mass is 257 g/mol. The largest absolute Gasteiger partial charge is 0.369 e. The Labute approximate surface area is 111 Å². The molecule has 5 nitrogen and oxygen atoms in total. The smallest absolute Gasteiger partial charge is 0.253 e. The number of amides is 2. The molecule has 0 saturated carbocycles. The van der Waals surface area contributed by atoms with Crippen molar-refractivity contribution in [2.75, 3.05) is 13.1 Å². The van der Waals surface area contributed by atoms with E-state index >= 15 is 0 Å². The Balaban J connectivity index is 2.12. The highest BCUT2D eigenvalue weighted by atomic mass is 16.2. The van der Waals surface area contributed by atoms with Gasteiger partial charge < -0.3 is 10.6 Å². The highest BCUT2D eigenvalue weighted by Crippen LogP contribution is 2.24. The molecule has 0 bridgehead atoms. The van der Waals surface area contributed by atoms with Crippen molar-refractivity contribution >= 4 is 11.8 Å². The van der Waals surface area contributed by atoms with E-state index in [9.17, 15) is 9.59 Å². The molecule has 1 fully saturated rings. The minimum absolute atomic E-state index is 0.0832. The van der Waals surface area contributed by atoms with Crippen LogP contribution in [0.4, 0.5) is 0 Å². The lowest BCUT2D eigenvalue weighted by Crippen LogP contribution is -2.31. The van der Waals surface area contributed by atoms with Crippen LogP contribution < -0.4 is 5.73 Å². The van der Waals surface area contributed by atoms with Crippen molar-refractivity contribution in [3.63, 3.8) is 0 Å². The van der Waals surface area contributed by atoms with Gasteiger partial charge in [-0.1, -0.05) is 6.92 Å². The van der Waals surface area contributed by atoms with Crippen LogP contribution in [-0.2, 0) is 4.79 Å². The predicted octanol–water partition coefficient (Wildman–Crippen LogP) is 0.752. The fourth-order valence-corrected chi connectivity index (χ4v) is 2.37. The van der Waals surface area contributed by atoms with Gasteiger partial charge in [-0.05, 0) is 30.2 Å². The van der Waals surface area contributed by atoms with Crippen molar-refractivity contribution in [3.05, 3.63) is 35.4 Å². The number of carbonyl (C=O) groups excluding carboxylic acids is 2. The van der Waals surface area contributed by atoms with E-state index in [1.807, 2.05) is 13.0 Å². The quantitative estimate of drug-likeness (QED) is 0.848. The normalized spacial score (nSPS) is 22.0. The summed E-state index contributed by atoms with van der Waals surface area (Å²) in [7, 11) is 0. The lowest BCUT2D eigenvalue weighted by atomic mass is 9.98. The van der Waals surface area contributed by atoms with E-state index in [2.05, 4.69) is 0 Å². The number of primary amides is 1. The summed E-state index contributed by atoms with van der Waals surface area (Å²) in [4.78, 5) is 25.1. The van der Waals surface area contributed by atoms with Gasteiger partial charge in [0, 0.05) is 18.7 Å². The zero-order valence-corrected chi connectivity index (χ0v) is 10.7. The second-order valence-electron chi connectivity index (χ2n) is 4.89. The average molecular weight is 257 g/mol. The van der Waals surface area contributed by atoms with Crippen molar-refractivity contribution < 1.29 is 9.59 Å². The van der Waals surface area contributed by atoms with Crippen LogP contribution in [0.3, 0.4) is 0 Å². The van der Waals surface area contributed by atoms with Gasteiger partial charge in [0.25, 0.3) is 5.91 Å². The zero-order chi connectivity index (χ0) is 14.0. The molecule has 2 rings (SSSR count).